The Hall–Kier alpha value is -1.39. The third kappa shape index (κ3) is 8.82. The first kappa shape index (κ1) is 32.5. The largest absolute Gasteiger partial charge is 0.462 e. The van der Waals surface area contributed by atoms with Gasteiger partial charge in [-0.1, -0.05) is 70.8 Å². The highest BCUT2D eigenvalue weighted by Crippen LogP contribution is 2.60. The van der Waals surface area contributed by atoms with Crippen molar-refractivity contribution in [2.45, 2.75) is 150 Å². The van der Waals surface area contributed by atoms with Crippen LogP contribution in [-0.4, -0.2) is 31.6 Å². The summed E-state index contributed by atoms with van der Waals surface area (Å²) in [5.74, 6) is 2.96. The van der Waals surface area contributed by atoms with Gasteiger partial charge in [-0.3, -0.25) is 4.79 Å². The fourth-order valence-electron chi connectivity index (χ4n) is 8.74. The van der Waals surface area contributed by atoms with Crippen LogP contribution in [0.15, 0.2) is 34.9 Å². The van der Waals surface area contributed by atoms with Gasteiger partial charge in [-0.2, -0.15) is 0 Å². The summed E-state index contributed by atoms with van der Waals surface area (Å²) in [6.07, 6.45) is 21.1. The van der Waals surface area contributed by atoms with Crippen molar-refractivity contribution in [1.29, 1.82) is 0 Å². The molecule has 0 N–H and O–H groups in total. The van der Waals surface area contributed by atoms with E-state index in [9.17, 15) is 4.79 Å². The molecule has 3 aliphatic carbocycles. The van der Waals surface area contributed by atoms with Gasteiger partial charge in [0.15, 0.2) is 6.29 Å². The van der Waals surface area contributed by atoms with Gasteiger partial charge in [0.05, 0.1) is 6.61 Å². The number of carbonyl (C=O) groups is 1. The monoisotopic (exact) mass is 568 g/mol. The van der Waals surface area contributed by atoms with Crippen molar-refractivity contribution in [2.75, 3.05) is 13.2 Å². The maximum Gasteiger partial charge on any atom is 0.302 e. The quantitative estimate of drug-likeness (QED) is 0.174. The molecule has 0 bridgehead atoms. The molecule has 0 radical (unpaired) electrons. The molecule has 6 atom stereocenters. The summed E-state index contributed by atoms with van der Waals surface area (Å²) < 4.78 is 17.6. The second-order valence-electron chi connectivity index (χ2n) is 14.5. The fraction of sp³-hybridized carbons (Fsp3) is 0.811. The normalized spacial score (nSPS) is 33.6. The van der Waals surface area contributed by atoms with E-state index >= 15 is 0 Å². The lowest BCUT2D eigenvalue weighted by atomic mass is 9.60. The minimum Gasteiger partial charge on any atom is -0.462 e. The highest BCUT2D eigenvalue weighted by molar-refractivity contribution is 5.66. The van der Waals surface area contributed by atoms with Crippen LogP contribution in [0, 0.1) is 29.1 Å². The minimum absolute atomic E-state index is 0.0341. The van der Waals surface area contributed by atoms with Gasteiger partial charge in [0.25, 0.3) is 0 Å². The van der Waals surface area contributed by atoms with Crippen LogP contribution < -0.4 is 0 Å². The van der Waals surface area contributed by atoms with Gasteiger partial charge in [-0.05, 0) is 117 Å². The lowest BCUT2D eigenvalue weighted by Crippen LogP contribution is -2.36. The SMILES string of the molecule is C=C1CC[C@H](OC(C)=O)C/C1=C(/C=C1\CCC[C@]2(C)[C@@H]([C@H](C)CCCC(C)C)CC[C@@H]12)CCCOC1CCCCO1. The van der Waals surface area contributed by atoms with Crippen LogP contribution in [0.5, 0.6) is 0 Å². The third-order valence-electron chi connectivity index (χ3n) is 10.9. The van der Waals surface area contributed by atoms with E-state index in [-0.39, 0.29) is 18.4 Å². The molecule has 4 rings (SSSR count). The first-order valence-corrected chi connectivity index (χ1v) is 17.2. The predicted octanol–water partition coefficient (Wildman–Crippen LogP) is 9.88. The van der Waals surface area contributed by atoms with E-state index in [0.29, 0.717) is 11.3 Å². The highest BCUT2D eigenvalue weighted by atomic mass is 16.7. The maximum absolute atomic E-state index is 11.8. The van der Waals surface area contributed by atoms with Crippen LogP contribution >= 0.6 is 0 Å². The van der Waals surface area contributed by atoms with E-state index in [1.807, 2.05) is 0 Å². The zero-order valence-electron chi connectivity index (χ0n) is 27.1. The standard InChI is InChI=1S/C37H60O4/c1-26(2)12-9-13-28(4)34-19-20-35-31(14-10-21-37(34,35)6)24-30(15-11-23-40-36-16-7-8-22-39-36)33-25-32(41-29(5)38)18-17-27(33)3/h24,26,28,32,34-36H,3,7-23,25H2,1-2,4-6H3/b31-24+,33-30-/t28-,32+,34-,35+,36?,37-/m1/s1. The molecule has 4 aliphatic rings. The summed E-state index contributed by atoms with van der Waals surface area (Å²) >= 11 is 0. The smallest absolute Gasteiger partial charge is 0.302 e. The average Bonchev–Trinajstić information content (AvgIpc) is 3.29. The van der Waals surface area contributed by atoms with E-state index in [0.717, 1.165) is 75.9 Å². The van der Waals surface area contributed by atoms with Crippen molar-refractivity contribution >= 4 is 5.97 Å². The number of ether oxygens (including phenoxy) is 3. The number of hydrogen-bond acceptors (Lipinski definition) is 4. The van der Waals surface area contributed by atoms with Gasteiger partial charge in [-0.25, -0.2) is 0 Å². The van der Waals surface area contributed by atoms with Crippen molar-refractivity contribution in [3.63, 3.8) is 0 Å². The summed E-state index contributed by atoms with van der Waals surface area (Å²) in [5.41, 5.74) is 6.10. The molecule has 0 aromatic heterocycles. The third-order valence-corrected chi connectivity index (χ3v) is 10.9. The Bertz CT molecular complexity index is 939. The number of esters is 1. The summed E-state index contributed by atoms with van der Waals surface area (Å²) in [5, 5.41) is 0. The average molecular weight is 569 g/mol. The van der Waals surface area contributed by atoms with Crippen LogP contribution in [0.1, 0.15) is 137 Å². The molecule has 4 fully saturated rings. The maximum atomic E-state index is 11.8. The van der Waals surface area contributed by atoms with Crippen LogP contribution in [0.3, 0.4) is 0 Å². The molecule has 1 heterocycles. The van der Waals surface area contributed by atoms with E-state index in [4.69, 9.17) is 14.2 Å². The van der Waals surface area contributed by atoms with Crippen molar-refractivity contribution in [2.24, 2.45) is 29.1 Å². The fourth-order valence-corrected chi connectivity index (χ4v) is 8.74. The van der Waals surface area contributed by atoms with Crippen molar-refractivity contribution < 1.29 is 19.0 Å². The molecule has 232 valence electrons. The van der Waals surface area contributed by atoms with Crippen LogP contribution in [0.25, 0.3) is 0 Å². The molecular formula is C37H60O4. The van der Waals surface area contributed by atoms with Crippen LogP contribution in [0.2, 0.25) is 0 Å². The second-order valence-corrected chi connectivity index (χ2v) is 14.5. The van der Waals surface area contributed by atoms with Crippen molar-refractivity contribution in [3.8, 4) is 0 Å². The van der Waals surface area contributed by atoms with Gasteiger partial charge in [0, 0.05) is 20.0 Å². The highest BCUT2D eigenvalue weighted by Gasteiger charge is 2.50. The molecule has 0 aromatic rings. The van der Waals surface area contributed by atoms with Gasteiger partial charge >= 0.3 is 5.97 Å². The Morgan fingerprint density at radius 1 is 1.07 bits per heavy atom. The topological polar surface area (TPSA) is 44.8 Å². The number of hydrogen-bond donors (Lipinski definition) is 0. The van der Waals surface area contributed by atoms with Gasteiger partial charge in [0.1, 0.15) is 6.10 Å². The number of fused-ring (bicyclic) bond motifs is 1. The molecule has 1 unspecified atom stereocenters. The molecule has 1 aliphatic heterocycles. The molecule has 1 saturated heterocycles. The molecule has 0 spiro atoms. The Morgan fingerprint density at radius 3 is 2.63 bits per heavy atom. The minimum atomic E-state index is -0.176. The molecule has 3 saturated carbocycles. The van der Waals surface area contributed by atoms with Crippen LogP contribution in [0.4, 0.5) is 0 Å². The first-order valence-electron chi connectivity index (χ1n) is 17.2. The van der Waals surface area contributed by atoms with E-state index < -0.39 is 0 Å². The Morgan fingerprint density at radius 2 is 1.90 bits per heavy atom. The number of carbonyl (C=O) groups excluding carboxylic acids is 1. The molecule has 4 nitrogen and oxygen atoms in total. The molecule has 0 aromatic carbocycles. The van der Waals surface area contributed by atoms with Crippen molar-refractivity contribution in [3.05, 3.63) is 34.9 Å². The van der Waals surface area contributed by atoms with Crippen LogP contribution in [-0.2, 0) is 19.0 Å². The van der Waals surface area contributed by atoms with E-state index in [1.165, 1.54) is 81.4 Å². The summed E-state index contributed by atoms with van der Waals surface area (Å²) in [4.78, 5) is 11.8. The molecule has 4 heteroatoms. The lowest BCUT2D eigenvalue weighted by molar-refractivity contribution is -0.162. The second kappa shape index (κ2) is 15.4. The van der Waals surface area contributed by atoms with Crippen molar-refractivity contribution in [1.82, 2.24) is 0 Å². The zero-order valence-corrected chi connectivity index (χ0v) is 27.1. The molecule has 0 amide bonds. The van der Waals surface area contributed by atoms with Gasteiger partial charge in [0.2, 0.25) is 0 Å². The van der Waals surface area contributed by atoms with Gasteiger partial charge in [-0.15, -0.1) is 0 Å². The summed E-state index contributed by atoms with van der Waals surface area (Å²) in [7, 11) is 0. The van der Waals surface area contributed by atoms with Gasteiger partial charge < -0.3 is 14.2 Å². The Kier molecular flexibility index (Phi) is 12.2. The predicted molar refractivity (Wildman–Crippen MR) is 168 cm³/mol. The Labute approximate surface area is 251 Å². The molecule has 41 heavy (non-hydrogen) atoms. The number of rotatable bonds is 12. The lowest BCUT2D eigenvalue weighted by Gasteiger charge is -2.44. The Balaban J connectivity index is 1.52. The van der Waals surface area contributed by atoms with E-state index in [2.05, 4.69) is 40.3 Å². The summed E-state index contributed by atoms with van der Waals surface area (Å²) in [6.45, 7) is 17.5. The summed E-state index contributed by atoms with van der Waals surface area (Å²) in [6, 6.07) is 0. The zero-order chi connectivity index (χ0) is 29.4. The van der Waals surface area contributed by atoms with E-state index in [1.54, 1.807) is 5.57 Å². The molecular weight excluding hydrogens is 508 g/mol. The number of allylic oxidation sites excluding steroid dienone is 4. The first-order chi connectivity index (χ1) is 19.7.